The smallest absolute Gasteiger partial charge is 0.350 e. The van der Waals surface area contributed by atoms with Crippen molar-refractivity contribution in [3.63, 3.8) is 0 Å². The maximum Gasteiger partial charge on any atom is 0.350 e. The zero-order valence-corrected chi connectivity index (χ0v) is 16.5. The average Bonchev–Trinajstić information content (AvgIpc) is 3.27. The molecule has 1 aliphatic carbocycles. The van der Waals surface area contributed by atoms with Gasteiger partial charge in [-0.1, -0.05) is 0 Å². The first-order valence-corrected chi connectivity index (χ1v) is 10.2. The van der Waals surface area contributed by atoms with Gasteiger partial charge in [0.2, 0.25) is 0 Å². The number of anilines is 1. The van der Waals surface area contributed by atoms with Gasteiger partial charge in [-0.2, -0.15) is 0 Å². The average molecular weight is 393 g/mol. The number of carbonyl (C=O) groups excluding carboxylic acids is 1. The number of imidazole rings is 1. The summed E-state index contributed by atoms with van der Waals surface area (Å²) in [6, 6.07) is 0. The van der Waals surface area contributed by atoms with Crippen LogP contribution < -0.4 is 10.6 Å². The number of ether oxygens (including phenoxy) is 1. The van der Waals surface area contributed by atoms with Gasteiger partial charge in [-0.3, -0.25) is 0 Å². The van der Waals surface area contributed by atoms with Crippen LogP contribution in [0.15, 0.2) is 18.7 Å². The third-order valence-electron chi connectivity index (χ3n) is 4.31. The number of carbonyl (C=O) groups is 1. The number of hydrogen-bond acceptors (Lipinski definition) is 5. The zero-order valence-electron chi connectivity index (χ0n) is 14.9. The van der Waals surface area contributed by atoms with E-state index in [1.807, 2.05) is 17.7 Å². The van der Waals surface area contributed by atoms with Gasteiger partial charge in [0.1, 0.15) is 4.88 Å². The molecule has 0 radical (unpaired) electrons. The molecular formula is C18H24N4O2S2. The van der Waals surface area contributed by atoms with E-state index < -0.39 is 0 Å². The highest BCUT2D eigenvalue weighted by atomic mass is 32.1. The number of nitrogens with zero attached hydrogens (tertiary/aromatic N) is 2. The molecule has 3 rings (SSSR count). The molecule has 0 aliphatic heterocycles. The van der Waals surface area contributed by atoms with Gasteiger partial charge in [-0.15, -0.1) is 11.3 Å². The number of nitrogens with one attached hydrogen (secondary N) is 2. The molecule has 0 saturated carbocycles. The van der Waals surface area contributed by atoms with Crippen molar-refractivity contribution >= 4 is 40.3 Å². The summed E-state index contributed by atoms with van der Waals surface area (Å²) >= 11 is 6.99. The Morgan fingerprint density at radius 1 is 1.42 bits per heavy atom. The van der Waals surface area contributed by atoms with Crippen molar-refractivity contribution in [3.05, 3.63) is 34.0 Å². The van der Waals surface area contributed by atoms with E-state index >= 15 is 0 Å². The molecular weight excluding hydrogens is 368 g/mol. The Morgan fingerprint density at radius 2 is 2.27 bits per heavy atom. The van der Waals surface area contributed by atoms with Crippen LogP contribution in [-0.4, -0.2) is 33.8 Å². The Morgan fingerprint density at radius 3 is 3.04 bits per heavy atom. The SMILES string of the molecule is CCOC(=O)c1sc2c(c1NC(=S)NCCCn1ccnc1)CCCC2. The quantitative estimate of drug-likeness (QED) is 0.428. The van der Waals surface area contributed by atoms with Crippen molar-refractivity contribution in [1.82, 2.24) is 14.9 Å². The Kier molecular flexibility index (Phi) is 6.62. The number of fused-ring (bicyclic) bond motifs is 1. The van der Waals surface area contributed by atoms with Crippen LogP contribution in [0.1, 0.15) is 46.3 Å². The van der Waals surface area contributed by atoms with E-state index in [1.165, 1.54) is 16.9 Å². The highest BCUT2D eigenvalue weighted by Crippen LogP contribution is 2.38. The minimum atomic E-state index is -0.266. The molecule has 0 saturated heterocycles. The summed E-state index contributed by atoms with van der Waals surface area (Å²) in [6.07, 6.45) is 10.8. The minimum absolute atomic E-state index is 0.266. The van der Waals surface area contributed by atoms with E-state index in [0.29, 0.717) is 16.6 Å². The number of aryl methyl sites for hydroxylation is 2. The Bertz CT molecular complexity index is 756. The fourth-order valence-corrected chi connectivity index (χ4v) is 4.52. The largest absolute Gasteiger partial charge is 0.462 e. The normalized spacial score (nSPS) is 13.1. The highest BCUT2D eigenvalue weighted by molar-refractivity contribution is 7.80. The number of hydrogen-bond donors (Lipinski definition) is 2. The molecule has 8 heteroatoms. The lowest BCUT2D eigenvalue weighted by Crippen LogP contribution is -2.30. The second-order valence-corrected chi connectivity index (χ2v) is 7.68. The van der Waals surface area contributed by atoms with Crippen molar-refractivity contribution in [3.8, 4) is 0 Å². The lowest BCUT2D eigenvalue weighted by molar-refractivity contribution is 0.0533. The molecule has 140 valence electrons. The summed E-state index contributed by atoms with van der Waals surface area (Å²) < 4.78 is 7.26. The van der Waals surface area contributed by atoms with Gasteiger partial charge in [0.05, 0.1) is 18.6 Å². The van der Waals surface area contributed by atoms with Crippen LogP contribution in [-0.2, 0) is 24.1 Å². The molecule has 2 N–H and O–H groups in total. The van der Waals surface area contributed by atoms with Crippen LogP contribution in [0.4, 0.5) is 5.69 Å². The van der Waals surface area contributed by atoms with Crippen LogP contribution in [0.2, 0.25) is 0 Å². The van der Waals surface area contributed by atoms with Crippen LogP contribution in [0.5, 0.6) is 0 Å². The van der Waals surface area contributed by atoms with E-state index in [4.69, 9.17) is 17.0 Å². The van der Waals surface area contributed by atoms with E-state index in [-0.39, 0.29) is 5.97 Å². The Hall–Kier alpha value is -1.93. The van der Waals surface area contributed by atoms with Crippen LogP contribution in [0.3, 0.4) is 0 Å². The summed E-state index contributed by atoms with van der Waals surface area (Å²) in [6.45, 7) is 3.84. The minimum Gasteiger partial charge on any atom is -0.462 e. The molecule has 0 spiro atoms. The second-order valence-electron chi connectivity index (χ2n) is 6.17. The molecule has 0 unspecified atom stereocenters. The van der Waals surface area contributed by atoms with Crippen molar-refractivity contribution in [2.45, 2.75) is 45.6 Å². The molecule has 2 aromatic heterocycles. The topological polar surface area (TPSA) is 68.2 Å². The molecule has 0 aromatic carbocycles. The third kappa shape index (κ3) is 4.62. The van der Waals surface area contributed by atoms with Crippen molar-refractivity contribution in [1.29, 1.82) is 0 Å². The molecule has 0 amide bonds. The molecule has 0 atom stereocenters. The van der Waals surface area contributed by atoms with Crippen LogP contribution in [0.25, 0.3) is 0 Å². The predicted molar refractivity (Wildman–Crippen MR) is 108 cm³/mol. The van der Waals surface area contributed by atoms with Crippen LogP contribution in [0, 0.1) is 0 Å². The van der Waals surface area contributed by atoms with Crippen molar-refractivity contribution in [2.75, 3.05) is 18.5 Å². The lowest BCUT2D eigenvalue weighted by atomic mass is 9.97. The summed E-state index contributed by atoms with van der Waals surface area (Å²) in [5, 5.41) is 7.04. The van der Waals surface area contributed by atoms with Gasteiger partial charge < -0.3 is 19.9 Å². The fourth-order valence-electron chi connectivity index (χ4n) is 3.08. The van der Waals surface area contributed by atoms with E-state index in [1.54, 1.807) is 23.9 Å². The number of esters is 1. The van der Waals surface area contributed by atoms with E-state index in [9.17, 15) is 4.79 Å². The summed E-state index contributed by atoms with van der Waals surface area (Å²) in [7, 11) is 0. The Labute approximate surface area is 163 Å². The maximum absolute atomic E-state index is 12.3. The Balaban J connectivity index is 1.61. The molecule has 0 fully saturated rings. The fraction of sp³-hybridized carbons (Fsp3) is 0.500. The summed E-state index contributed by atoms with van der Waals surface area (Å²) in [5.74, 6) is -0.266. The number of thiophene rings is 1. The molecule has 0 bridgehead atoms. The van der Waals surface area contributed by atoms with Gasteiger partial charge in [0.15, 0.2) is 5.11 Å². The van der Waals surface area contributed by atoms with Gasteiger partial charge in [0.25, 0.3) is 0 Å². The molecule has 6 nitrogen and oxygen atoms in total. The first-order chi connectivity index (χ1) is 12.7. The molecule has 2 heterocycles. The highest BCUT2D eigenvalue weighted by Gasteiger charge is 2.25. The van der Waals surface area contributed by atoms with E-state index in [0.717, 1.165) is 44.5 Å². The first kappa shape index (κ1) is 18.8. The number of thiocarbonyl (C=S) groups is 1. The molecule has 2 aromatic rings. The predicted octanol–water partition coefficient (Wildman–Crippen LogP) is 3.38. The lowest BCUT2D eigenvalue weighted by Gasteiger charge is -2.16. The van der Waals surface area contributed by atoms with Crippen molar-refractivity contribution in [2.24, 2.45) is 0 Å². The van der Waals surface area contributed by atoms with Gasteiger partial charge in [0, 0.05) is 30.4 Å². The molecule has 1 aliphatic rings. The maximum atomic E-state index is 12.3. The monoisotopic (exact) mass is 392 g/mol. The van der Waals surface area contributed by atoms with E-state index in [2.05, 4.69) is 15.6 Å². The summed E-state index contributed by atoms with van der Waals surface area (Å²) in [5.41, 5.74) is 2.07. The second kappa shape index (κ2) is 9.14. The summed E-state index contributed by atoms with van der Waals surface area (Å²) in [4.78, 5) is 18.3. The van der Waals surface area contributed by atoms with Gasteiger partial charge >= 0.3 is 5.97 Å². The first-order valence-electron chi connectivity index (χ1n) is 9.01. The number of rotatable bonds is 7. The standard InChI is InChI=1S/C18H24N4O2S2/c1-2-24-17(23)16-15(13-6-3-4-7-14(13)26-16)21-18(25)20-8-5-10-22-11-9-19-12-22/h9,11-12H,2-8,10H2,1H3,(H2,20,21,25). The van der Waals surface area contributed by atoms with Gasteiger partial charge in [-0.05, 0) is 56.8 Å². The molecule has 26 heavy (non-hydrogen) atoms. The van der Waals surface area contributed by atoms with Crippen LogP contribution >= 0.6 is 23.6 Å². The third-order valence-corrected chi connectivity index (χ3v) is 5.83. The van der Waals surface area contributed by atoms with Crippen molar-refractivity contribution < 1.29 is 9.53 Å². The van der Waals surface area contributed by atoms with Gasteiger partial charge in [-0.25, -0.2) is 9.78 Å². The zero-order chi connectivity index (χ0) is 18.4. The number of aromatic nitrogens is 2.